The predicted octanol–water partition coefficient (Wildman–Crippen LogP) is 0.486. The number of sulfonamides is 1. The van der Waals surface area contributed by atoms with Crippen molar-refractivity contribution in [2.45, 2.75) is 19.9 Å². The Kier molecular flexibility index (Phi) is 3.69. The molecular weight excluding hydrogens is 200 g/mol. The third-order valence-electron chi connectivity index (χ3n) is 2.57. The molecule has 1 fully saturated rings. The van der Waals surface area contributed by atoms with Gasteiger partial charge in [0.05, 0.1) is 0 Å². The van der Waals surface area contributed by atoms with Crippen LogP contribution in [0.1, 0.15) is 13.8 Å². The zero-order chi connectivity index (χ0) is 10.8. The molecule has 0 amide bonds. The molecule has 4 nitrogen and oxygen atoms in total. The molecule has 5 heteroatoms. The maximum absolute atomic E-state index is 11.4. The number of piperazine rings is 1. The maximum Gasteiger partial charge on any atom is 0.235 e. The summed E-state index contributed by atoms with van der Waals surface area (Å²) in [4.78, 5) is 2.27. The Bertz CT molecular complexity index is 290. The van der Waals surface area contributed by atoms with Crippen molar-refractivity contribution in [1.82, 2.24) is 9.21 Å². The summed E-state index contributed by atoms with van der Waals surface area (Å²) >= 11 is 0. The number of nitrogens with zero attached hydrogens (tertiary/aromatic N) is 2. The second kappa shape index (κ2) is 4.42. The quantitative estimate of drug-likeness (QED) is 0.692. The van der Waals surface area contributed by atoms with Gasteiger partial charge in [0.1, 0.15) is 0 Å². The van der Waals surface area contributed by atoms with Crippen molar-refractivity contribution in [3.63, 3.8) is 0 Å². The highest BCUT2D eigenvalue weighted by molar-refractivity contribution is 7.92. The molecule has 0 N–H and O–H groups in total. The summed E-state index contributed by atoms with van der Waals surface area (Å²) in [6.07, 6.45) is 0. The highest BCUT2D eigenvalue weighted by atomic mass is 32.2. The smallest absolute Gasteiger partial charge is 0.235 e. The molecule has 14 heavy (non-hydrogen) atoms. The first-order valence-corrected chi connectivity index (χ1v) is 6.34. The van der Waals surface area contributed by atoms with Gasteiger partial charge in [-0.25, -0.2) is 8.42 Å². The van der Waals surface area contributed by atoms with E-state index in [9.17, 15) is 8.42 Å². The van der Waals surface area contributed by atoms with E-state index < -0.39 is 10.0 Å². The molecule has 1 aliphatic rings. The summed E-state index contributed by atoms with van der Waals surface area (Å²) in [5.41, 5.74) is 0. The van der Waals surface area contributed by atoms with Crippen LogP contribution in [0.4, 0.5) is 0 Å². The molecule has 0 bridgehead atoms. The topological polar surface area (TPSA) is 40.6 Å². The van der Waals surface area contributed by atoms with E-state index in [1.165, 1.54) is 4.31 Å². The Balaban J connectivity index is 2.56. The van der Waals surface area contributed by atoms with Gasteiger partial charge in [0, 0.05) is 37.6 Å². The second-order valence-electron chi connectivity index (χ2n) is 3.74. The van der Waals surface area contributed by atoms with E-state index in [1.54, 1.807) is 0 Å². The minimum Gasteiger partial charge on any atom is -0.298 e. The zero-order valence-corrected chi connectivity index (χ0v) is 9.63. The minimum atomic E-state index is -3.20. The molecule has 1 aliphatic heterocycles. The zero-order valence-electron chi connectivity index (χ0n) is 8.81. The van der Waals surface area contributed by atoms with Gasteiger partial charge in [0.25, 0.3) is 0 Å². The number of rotatable bonds is 3. The van der Waals surface area contributed by atoms with Gasteiger partial charge in [-0.05, 0) is 13.8 Å². The molecule has 1 saturated heterocycles. The van der Waals surface area contributed by atoms with Crippen LogP contribution >= 0.6 is 0 Å². The molecule has 0 unspecified atom stereocenters. The van der Waals surface area contributed by atoms with Gasteiger partial charge < -0.3 is 0 Å². The van der Waals surface area contributed by atoms with Crippen molar-refractivity contribution in [2.75, 3.05) is 26.2 Å². The van der Waals surface area contributed by atoms with Crippen LogP contribution in [-0.2, 0) is 10.0 Å². The SMILES string of the molecule is C=CS(=O)(=O)N1CCN(C(C)C)CC1. The van der Waals surface area contributed by atoms with Crippen LogP contribution in [0.3, 0.4) is 0 Å². The van der Waals surface area contributed by atoms with Crippen LogP contribution in [0.25, 0.3) is 0 Å². The second-order valence-corrected chi connectivity index (χ2v) is 5.62. The lowest BCUT2D eigenvalue weighted by Crippen LogP contribution is -2.50. The predicted molar refractivity (Wildman–Crippen MR) is 57.4 cm³/mol. The van der Waals surface area contributed by atoms with E-state index in [2.05, 4.69) is 25.3 Å². The molecule has 1 rings (SSSR count). The minimum absolute atomic E-state index is 0.489. The average Bonchev–Trinajstić information content (AvgIpc) is 2.18. The third-order valence-corrected chi connectivity index (χ3v) is 4.08. The highest BCUT2D eigenvalue weighted by Gasteiger charge is 2.25. The fourth-order valence-corrected chi connectivity index (χ4v) is 2.46. The number of hydrogen-bond donors (Lipinski definition) is 0. The van der Waals surface area contributed by atoms with Crippen LogP contribution in [0.5, 0.6) is 0 Å². The van der Waals surface area contributed by atoms with E-state index in [-0.39, 0.29) is 0 Å². The van der Waals surface area contributed by atoms with Gasteiger partial charge in [-0.2, -0.15) is 4.31 Å². The lowest BCUT2D eigenvalue weighted by atomic mass is 10.3. The van der Waals surface area contributed by atoms with Crippen molar-refractivity contribution < 1.29 is 8.42 Å². The summed E-state index contributed by atoms with van der Waals surface area (Å²) in [5.74, 6) is 0. The van der Waals surface area contributed by atoms with E-state index in [0.717, 1.165) is 18.5 Å². The third kappa shape index (κ3) is 2.56. The number of hydrogen-bond acceptors (Lipinski definition) is 3. The van der Waals surface area contributed by atoms with Crippen molar-refractivity contribution in [1.29, 1.82) is 0 Å². The van der Waals surface area contributed by atoms with Gasteiger partial charge in [-0.3, -0.25) is 4.90 Å². The van der Waals surface area contributed by atoms with E-state index in [4.69, 9.17) is 0 Å². The first kappa shape index (κ1) is 11.7. The molecule has 0 aromatic heterocycles. The van der Waals surface area contributed by atoms with Crippen LogP contribution in [0, 0.1) is 0 Å². The summed E-state index contributed by atoms with van der Waals surface area (Å²) in [7, 11) is -3.20. The summed E-state index contributed by atoms with van der Waals surface area (Å²) < 4.78 is 24.3. The van der Waals surface area contributed by atoms with Crippen LogP contribution in [0.2, 0.25) is 0 Å². The Morgan fingerprint density at radius 2 is 1.71 bits per heavy atom. The van der Waals surface area contributed by atoms with Crippen molar-refractivity contribution in [3.05, 3.63) is 12.0 Å². The largest absolute Gasteiger partial charge is 0.298 e. The Morgan fingerprint density at radius 3 is 2.07 bits per heavy atom. The molecule has 0 aliphatic carbocycles. The Morgan fingerprint density at radius 1 is 1.21 bits per heavy atom. The van der Waals surface area contributed by atoms with Gasteiger partial charge in [0.15, 0.2) is 0 Å². The van der Waals surface area contributed by atoms with E-state index in [0.29, 0.717) is 19.1 Å². The lowest BCUT2D eigenvalue weighted by Gasteiger charge is -2.35. The van der Waals surface area contributed by atoms with Gasteiger partial charge in [0.2, 0.25) is 10.0 Å². The highest BCUT2D eigenvalue weighted by Crippen LogP contribution is 2.10. The molecule has 82 valence electrons. The molecule has 1 heterocycles. The molecule has 0 atom stereocenters. The molecule has 0 aromatic carbocycles. The van der Waals surface area contributed by atoms with Crippen molar-refractivity contribution in [2.24, 2.45) is 0 Å². The normalized spacial score (nSPS) is 21.4. The first-order chi connectivity index (χ1) is 6.47. The molecular formula is C9H18N2O2S. The van der Waals surface area contributed by atoms with E-state index in [1.807, 2.05) is 0 Å². The maximum atomic E-state index is 11.4. The van der Waals surface area contributed by atoms with Crippen molar-refractivity contribution in [3.8, 4) is 0 Å². The van der Waals surface area contributed by atoms with Gasteiger partial charge in [-0.1, -0.05) is 6.58 Å². The van der Waals surface area contributed by atoms with Crippen LogP contribution < -0.4 is 0 Å². The molecule has 0 spiro atoms. The first-order valence-electron chi connectivity index (χ1n) is 4.84. The van der Waals surface area contributed by atoms with Gasteiger partial charge >= 0.3 is 0 Å². The summed E-state index contributed by atoms with van der Waals surface area (Å²) in [6, 6.07) is 0.489. The molecule has 0 radical (unpaired) electrons. The summed E-state index contributed by atoms with van der Waals surface area (Å²) in [6.45, 7) is 10.3. The monoisotopic (exact) mass is 218 g/mol. The molecule has 0 saturated carbocycles. The average molecular weight is 218 g/mol. The summed E-state index contributed by atoms with van der Waals surface area (Å²) in [5, 5.41) is 1.03. The van der Waals surface area contributed by atoms with Crippen LogP contribution in [-0.4, -0.2) is 49.8 Å². The van der Waals surface area contributed by atoms with E-state index >= 15 is 0 Å². The van der Waals surface area contributed by atoms with Crippen molar-refractivity contribution >= 4 is 10.0 Å². The fraction of sp³-hybridized carbons (Fsp3) is 0.778. The molecule has 0 aromatic rings. The standard InChI is InChI=1S/C9H18N2O2S/c1-4-14(12,13)11-7-5-10(6-8-11)9(2)3/h4,9H,1,5-8H2,2-3H3. The lowest BCUT2D eigenvalue weighted by molar-refractivity contribution is 0.155. The fourth-order valence-electron chi connectivity index (χ4n) is 1.58. The van der Waals surface area contributed by atoms with Gasteiger partial charge in [-0.15, -0.1) is 0 Å². The van der Waals surface area contributed by atoms with Crippen LogP contribution in [0.15, 0.2) is 12.0 Å². The Hall–Kier alpha value is -0.390. The Labute approximate surface area is 86.2 Å².